The van der Waals surface area contributed by atoms with Crippen LogP contribution in [0.3, 0.4) is 0 Å². The topological polar surface area (TPSA) is 53.8 Å². The highest BCUT2D eigenvalue weighted by Gasteiger charge is 2.03. The SMILES string of the molecule is N=CC(=O)c1ccc2ncc(Cl)cc2c1. The predicted octanol–water partition coefficient (Wildman–Crippen LogP) is 2.72. The van der Waals surface area contributed by atoms with Crippen molar-refractivity contribution in [2.24, 2.45) is 0 Å². The Balaban J connectivity index is 2.64. The van der Waals surface area contributed by atoms with Crippen LogP contribution in [0.1, 0.15) is 10.4 Å². The lowest BCUT2D eigenvalue weighted by Gasteiger charge is -1.99. The highest BCUT2D eigenvalue weighted by molar-refractivity contribution is 6.35. The number of ketones is 1. The average Bonchev–Trinajstić information content (AvgIpc) is 2.27. The zero-order valence-electron chi connectivity index (χ0n) is 7.70. The number of benzene rings is 1. The Morgan fingerprint density at radius 2 is 2.20 bits per heavy atom. The summed E-state index contributed by atoms with van der Waals surface area (Å²) in [4.78, 5) is 15.4. The molecule has 0 fully saturated rings. The van der Waals surface area contributed by atoms with Gasteiger partial charge in [-0.05, 0) is 24.3 Å². The lowest BCUT2D eigenvalue weighted by Crippen LogP contribution is -1.98. The van der Waals surface area contributed by atoms with E-state index < -0.39 is 0 Å². The van der Waals surface area contributed by atoms with Crippen molar-refractivity contribution < 1.29 is 4.79 Å². The first kappa shape index (κ1) is 9.80. The van der Waals surface area contributed by atoms with Gasteiger partial charge in [0, 0.05) is 17.1 Å². The monoisotopic (exact) mass is 218 g/mol. The molecule has 0 aliphatic rings. The minimum absolute atomic E-state index is 0.322. The molecule has 0 unspecified atom stereocenters. The summed E-state index contributed by atoms with van der Waals surface area (Å²) in [7, 11) is 0. The Morgan fingerprint density at radius 3 is 2.93 bits per heavy atom. The molecule has 1 aromatic carbocycles. The molecular formula is C11H7ClN2O. The second-order valence-corrected chi connectivity index (χ2v) is 3.51. The Bertz CT molecular complexity index is 551. The van der Waals surface area contributed by atoms with Crippen LogP contribution in [-0.4, -0.2) is 17.0 Å². The molecule has 0 amide bonds. The molecule has 0 radical (unpaired) electrons. The van der Waals surface area contributed by atoms with Gasteiger partial charge in [-0.2, -0.15) is 0 Å². The first-order valence-electron chi connectivity index (χ1n) is 4.31. The van der Waals surface area contributed by atoms with Crippen LogP contribution in [0.4, 0.5) is 0 Å². The minimum Gasteiger partial charge on any atom is -0.305 e. The van der Waals surface area contributed by atoms with Crippen LogP contribution in [0.25, 0.3) is 10.9 Å². The van der Waals surface area contributed by atoms with E-state index in [0.717, 1.165) is 17.1 Å². The second kappa shape index (κ2) is 3.79. The lowest BCUT2D eigenvalue weighted by molar-refractivity contribution is 0.107. The van der Waals surface area contributed by atoms with Crippen LogP contribution in [0.15, 0.2) is 30.5 Å². The van der Waals surface area contributed by atoms with Gasteiger partial charge in [-0.15, -0.1) is 0 Å². The van der Waals surface area contributed by atoms with Crippen LogP contribution in [0.2, 0.25) is 5.02 Å². The van der Waals surface area contributed by atoms with Crippen LogP contribution < -0.4 is 0 Å². The van der Waals surface area contributed by atoms with Crippen molar-refractivity contribution in [3.63, 3.8) is 0 Å². The second-order valence-electron chi connectivity index (χ2n) is 3.07. The van der Waals surface area contributed by atoms with Gasteiger partial charge in [0.15, 0.2) is 0 Å². The molecule has 0 aliphatic heterocycles. The molecule has 1 aromatic heterocycles. The predicted molar refractivity (Wildman–Crippen MR) is 59.9 cm³/mol. The maximum Gasteiger partial charge on any atom is 0.203 e. The van der Waals surface area contributed by atoms with Crippen molar-refractivity contribution in [2.45, 2.75) is 0 Å². The molecule has 2 rings (SSSR count). The van der Waals surface area contributed by atoms with E-state index in [-0.39, 0.29) is 5.78 Å². The molecule has 0 aliphatic carbocycles. The highest BCUT2D eigenvalue weighted by atomic mass is 35.5. The minimum atomic E-state index is -0.322. The number of carbonyl (C=O) groups is 1. The fraction of sp³-hybridized carbons (Fsp3) is 0. The maximum atomic E-state index is 11.2. The third-order valence-corrected chi connectivity index (χ3v) is 2.27. The Hall–Kier alpha value is -1.74. The molecule has 0 saturated heterocycles. The molecule has 2 aromatic rings. The number of halogens is 1. The van der Waals surface area contributed by atoms with Gasteiger partial charge in [-0.1, -0.05) is 11.6 Å². The van der Waals surface area contributed by atoms with Crippen molar-refractivity contribution in [3.8, 4) is 0 Å². The number of nitrogens with zero attached hydrogens (tertiary/aromatic N) is 1. The Labute approximate surface area is 91.2 Å². The summed E-state index contributed by atoms with van der Waals surface area (Å²) in [5, 5.41) is 8.21. The average molecular weight is 219 g/mol. The first-order chi connectivity index (χ1) is 7.20. The summed E-state index contributed by atoms with van der Waals surface area (Å²) in [5.74, 6) is -0.322. The normalized spacial score (nSPS) is 10.2. The highest BCUT2D eigenvalue weighted by Crippen LogP contribution is 2.18. The molecule has 1 heterocycles. The molecule has 4 heteroatoms. The zero-order valence-corrected chi connectivity index (χ0v) is 8.45. The summed E-state index contributed by atoms with van der Waals surface area (Å²) in [5.41, 5.74) is 1.25. The van der Waals surface area contributed by atoms with Gasteiger partial charge in [-0.25, -0.2) is 0 Å². The third-order valence-electron chi connectivity index (χ3n) is 2.06. The van der Waals surface area contributed by atoms with E-state index >= 15 is 0 Å². The summed E-state index contributed by atoms with van der Waals surface area (Å²) in [6, 6.07) is 6.81. The molecule has 0 spiro atoms. The van der Waals surface area contributed by atoms with Crippen molar-refractivity contribution in [3.05, 3.63) is 41.0 Å². The molecule has 0 atom stereocenters. The lowest BCUT2D eigenvalue weighted by atomic mass is 10.1. The number of hydrogen-bond acceptors (Lipinski definition) is 3. The Kier molecular flexibility index (Phi) is 2.47. The smallest absolute Gasteiger partial charge is 0.203 e. The van der Waals surface area contributed by atoms with Gasteiger partial charge < -0.3 is 5.41 Å². The molecule has 15 heavy (non-hydrogen) atoms. The van der Waals surface area contributed by atoms with E-state index in [4.69, 9.17) is 17.0 Å². The van der Waals surface area contributed by atoms with Crippen LogP contribution >= 0.6 is 11.6 Å². The number of nitrogens with one attached hydrogen (secondary N) is 1. The van der Waals surface area contributed by atoms with Crippen LogP contribution in [-0.2, 0) is 0 Å². The van der Waals surface area contributed by atoms with Gasteiger partial charge in [0.25, 0.3) is 0 Å². The van der Waals surface area contributed by atoms with Crippen LogP contribution in [0.5, 0.6) is 0 Å². The molecule has 0 saturated carbocycles. The summed E-state index contributed by atoms with van der Waals surface area (Å²) >= 11 is 5.79. The summed E-state index contributed by atoms with van der Waals surface area (Å²) in [6.45, 7) is 0. The van der Waals surface area contributed by atoms with E-state index in [9.17, 15) is 4.79 Å². The number of pyridine rings is 1. The van der Waals surface area contributed by atoms with E-state index in [1.807, 2.05) is 0 Å². The van der Waals surface area contributed by atoms with Crippen molar-refractivity contribution in [1.82, 2.24) is 4.98 Å². The molecule has 1 N–H and O–H groups in total. The van der Waals surface area contributed by atoms with E-state index in [2.05, 4.69) is 4.98 Å². The Morgan fingerprint density at radius 1 is 1.40 bits per heavy atom. The van der Waals surface area contributed by atoms with E-state index in [1.165, 1.54) is 0 Å². The number of fused-ring (bicyclic) bond motifs is 1. The quantitative estimate of drug-likeness (QED) is 0.623. The first-order valence-corrected chi connectivity index (χ1v) is 4.68. The number of Topliss-reactive ketones (excluding diaryl/α,β-unsaturated/α-hetero) is 1. The van der Waals surface area contributed by atoms with Crippen molar-refractivity contribution >= 4 is 34.5 Å². The standard InChI is InChI=1S/C11H7ClN2O/c12-9-4-8-3-7(11(15)5-13)1-2-10(8)14-6-9/h1-6,13H. The number of carbonyl (C=O) groups excluding carboxylic acids is 1. The van der Waals surface area contributed by atoms with Gasteiger partial charge in [0.05, 0.1) is 16.8 Å². The van der Waals surface area contributed by atoms with Gasteiger partial charge in [-0.3, -0.25) is 9.78 Å². The van der Waals surface area contributed by atoms with E-state index in [0.29, 0.717) is 10.6 Å². The molecule has 3 nitrogen and oxygen atoms in total. The van der Waals surface area contributed by atoms with Crippen molar-refractivity contribution in [1.29, 1.82) is 5.41 Å². The van der Waals surface area contributed by atoms with Crippen LogP contribution in [0, 0.1) is 5.41 Å². The summed E-state index contributed by atoms with van der Waals surface area (Å²) < 4.78 is 0. The number of rotatable bonds is 2. The fourth-order valence-corrected chi connectivity index (χ4v) is 1.51. The molecule has 74 valence electrons. The van der Waals surface area contributed by atoms with Gasteiger partial charge in [0.2, 0.25) is 5.78 Å². The number of aromatic nitrogens is 1. The molecule has 0 bridgehead atoms. The fourth-order valence-electron chi connectivity index (χ4n) is 1.34. The molecular weight excluding hydrogens is 212 g/mol. The number of hydrogen-bond donors (Lipinski definition) is 1. The van der Waals surface area contributed by atoms with Crippen molar-refractivity contribution in [2.75, 3.05) is 0 Å². The zero-order chi connectivity index (χ0) is 10.8. The largest absolute Gasteiger partial charge is 0.305 e. The maximum absolute atomic E-state index is 11.2. The van der Waals surface area contributed by atoms with Gasteiger partial charge >= 0.3 is 0 Å². The third kappa shape index (κ3) is 1.87. The van der Waals surface area contributed by atoms with E-state index in [1.54, 1.807) is 30.5 Å². The summed E-state index contributed by atoms with van der Waals surface area (Å²) in [6.07, 6.45) is 2.35. The van der Waals surface area contributed by atoms with Gasteiger partial charge in [0.1, 0.15) is 0 Å².